The van der Waals surface area contributed by atoms with Crippen molar-refractivity contribution in [3.8, 4) is 22.6 Å². The molecule has 1 N–H and O–H groups in total. The standard InChI is InChI=1S/C24H15N3O4S/c28-23(22-13-12-21(31-22)18-9-3-4-11-20(18)27(29)30)26-24-25-19(14-32-24)17-10-5-7-15-6-1-2-8-16(15)17/h1-14H,(H,25,26,28). The van der Waals surface area contributed by atoms with Crippen LogP contribution in [0.15, 0.2) is 88.7 Å². The third kappa shape index (κ3) is 3.63. The molecule has 0 aliphatic carbocycles. The van der Waals surface area contributed by atoms with Crippen LogP contribution in [0.4, 0.5) is 10.8 Å². The van der Waals surface area contributed by atoms with Crippen molar-refractivity contribution in [1.29, 1.82) is 0 Å². The second-order valence-electron chi connectivity index (χ2n) is 6.96. The molecule has 0 aliphatic rings. The summed E-state index contributed by atoms with van der Waals surface area (Å²) in [6, 6.07) is 23.3. The average molecular weight is 441 g/mol. The third-order valence-corrected chi connectivity index (χ3v) is 5.74. The van der Waals surface area contributed by atoms with Gasteiger partial charge >= 0.3 is 0 Å². The molecule has 0 radical (unpaired) electrons. The van der Waals surface area contributed by atoms with Crippen molar-refractivity contribution in [1.82, 2.24) is 4.98 Å². The van der Waals surface area contributed by atoms with Gasteiger partial charge in [-0.2, -0.15) is 0 Å². The Kier molecular flexibility index (Phi) is 4.97. The Labute approximate surface area is 186 Å². The molecule has 2 heterocycles. The molecule has 0 saturated carbocycles. The summed E-state index contributed by atoms with van der Waals surface area (Å²) in [4.78, 5) is 28.0. The number of amides is 1. The second-order valence-corrected chi connectivity index (χ2v) is 7.81. The number of fused-ring (bicyclic) bond motifs is 1. The fraction of sp³-hybridized carbons (Fsp3) is 0. The van der Waals surface area contributed by atoms with Gasteiger partial charge in [-0.1, -0.05) is 54.6 Å². The van der Waals surface area contributed by atoms with E-state index in [1.165, 1.54) is 23.5 Å². The fourth-order valence-corrected chi connectivity index (χ4v) is 4.21. The number of nitro groups is 1. The number of anilines is 1. The monoisotopic (exact) mass is 441 g/mol. The van der Waals surface area contributed by atoms with Crippen molar-refractivity contribution >= 4 is 38.8 Å². The molecule has 8 heteroatoms. The molecule has 0 saturated heterocycles. The van der Waals surface area contributed by atoms with Gasteiger partial charge in [-0.25, -0.2) is 4.98 Å². The van der Waals surface area contributed by atoms with Crippen molar-refractivity contribution < 1.29 is 14.1 Å². The summed E-state index contributed by atoms with van der Waals surface area (Å²) in [5.74, 6) is -0.188. The quantitative estimate of drug-likeness (QED) is 0.252. The molecule has 1 amide bonds. The minimum atomic E-state index is -0.484. The number of furan rings is 1. The predicted octanol–water partition coefficient (Wildman–Crippen LogP) is 6.38. The lowest BCUT2D eigenvalue weighted by Gasteiger charge is -2.03. The van der Waals surface area contributed by atoms with Gasteiger partial charge in [0.05, 0.1) is 16.2 Å². The van der Waals surface area contributed by atoms with E-state index in [2.05, 4.69) is 10.3 Å². The summed E-state index contributed by atoms with van der Waals surface area (Å²) in [7, 11) is 0. The van der Waals surface area contributed by atoms with Crippen LogP contribution in [-0.4, -0.2) is 15.8 Å². The first-order chi connectivity index (χ1) is 15.6. The number of hydrogen-bond donors (Lipinski definition) is 1. The van der Waals surface area contributed by atoms with E-state index < -0.39 is 10.8 Å². The Balaban J connectivity index is 1.38. The average Bonchev–Trinajstić information content (AvgIpc) is 3.49. The van der Waals surface area contributed by atoms with Gasteiger partial charge in [0.1, 0.15) is 5.76 Å². The minimum Gasteiger partial charge on any atom is -0.451 e. The number of nitrogens with zero attached hydrogens (tertiary/aromatic N) is 2. The maximum atomic E-state index is 12.7. The zero-order valence-corrected chi connectivity index (χ0v) is 17.3. The Morgan fingerprint density at radius 2 is 1.69 bits per heavy atom. The van der Waals surface area contributed by atoms with Gasteiger partial charge in [-0.05, 0) is 29.0 Å². The van der Waals surface area contributed by atoms with E-state index in [1.54, 1.807) is 24.3 Å². The fourth-order valence-electron chi connectivity index (χ4n) is 3.51. The SMILES string of the molecule is O=C(Nc1nc(-c2cccc3ccccc23)cs1)c1ccc(-c2ccccc2[N+](=O)[O-])o1. The van der Waals surface area contributed by atoms with Gasteiger partial charge < -0.3 is 4.42 Å². The number of benzene rings is 3. The van der Waals surface area contributed by atoms with E-state index in [-0.39, 0.29) is 17.2 Å². The first-order valence-corrected chi connectivity index (χ1v) is 10.6. The van der Waals surface area contributed by atoms with E-state index in [1.807, 2.05) is 47.8 Å². The van der Waals surface area contributed by atoms with Crippen LogP contribution < -0.4 is 5.32 Å². The summed E-state index contributed by atoms with van der Waals surface area (Å²) in [6.07, 6.45) is 0. The lowest BCUT2D eigenvalue weighted by molar-refractivity contribution is -0.384. The number of carbonyl (C=O) groups is 1. The van der Waals surface area contributed by atoms with Crippen molar-refractivity contribution in [3.05, 3.63) is 100 Å². The molecule has 3 aromatic carbocycles. The normalized spacial score (nSPS) is 10.9. The van der Waals surface area contributed by atoms with E-state index in [0.29, 0.717) is 10.7 Å². The molecule has 5 rings (SSSR count). The Hall–Kier alpha value is -4.30. The van der Waals surface area contributed by atoms with Gasteiger partial charge in [0, 0.05) is 17.0 Å². The summed E-state index contributed by atoms with van der Waals surface area (Å²) < 4.78 is 5.60. The van der Waals surface area contributed by atoms with Gasteiger partial charge in [0.25, 0.3) is 11.6 Å². The number of aromatic nitrogens is 1. The molecule has 5 aromatic rings. The first-order valence-electron chi connectivity index (χ1n) is 9.69. The number of nitrogens with one attached hydrogen (secondary N) is 1. The van der Waals surface area contributed by atoms with Crippen molar-refractivity contribution in [2.75, 3.05) is 5.32 Å². The molecule has 0 fully saturated rings. The summed E-state index contributed by atoms with van der Waals surface area (Å²) in [5.41, 5.74) is 1.97. The molecule has 0 spiro atoms. The van der Waals surface area contributed by atoms with Crippen LogP contribution in [0.3, 0.4) is 0 Å². The van der Waals surface area contributed by atoms with Gasteiger partial charge in [-0.3, -0.25) is 20.2 Å². The number of thiazole rings is 1. The zero-order valence-electron chi connectivity index (χ0n) is 16.5. The molecule has 156 valence electrons. The molecule has 0 atom stereocenters. The minimum absolute atomic E-state index is 0.0417. The Morgan fingerprint density at radius 3 is 2.56 bits per heavy atom. The summed E-state index contributed by atoms with van der Waals surface area (Å²) in [6.45, 7) is 0. The highest BCUT2D eigenvalue weighted by molar-refractivity contribution is 7.14. The Bertz CT molecular complexity index is 1470. The smallest absolute Gasteiger partial charge is 0.293 e. The predicted molar refractivity (Wildman–Crippen MR) is 124 cm³/mol. The molecule has 7 nitrogen and oxygen atoms in total. The summed E-state index contributed by atoms with van der Waals surface area (Å²) in [5, 5.41) is 18.5. The van der Waals surface area contributed by atoms with Crippen LogP contribution in [0, 0.1) is 10.1 Å². The van der Waals surface area contributed by atoms with Crippen molar-refractivity contribution in [2.45, 2.75) is 0 Å². The first kappa shape index (κ1) is 19.7. The Morgan fingerprint density at radius 1 is 0.938 bits per heavy atom. The van der Waals surface area contributed by atoms with E-state index in [0.717, 1.165) is 22.0 Å². The highest BCUT2D eigenvalue weighted by Crippen LogP contribution is 2.33. The molecular weight excluding hydrogens is 426 g/mol. The zero-order chi connectivity index (χ0) is 22.1. The number of hydrogen-bond acceptors (Lipinski definition) is 6. The van der Waals surface area contributed by atoms with Gasteiger partial charge in [0.2, 0.25) is 0 Å². The van der Waals surface area contributed by atoms with Gasteiger partial charge in [-0.15, -0.1) is 11.3 Å². The second kappa shape index (κ2) is 8.09. The van der Waals surface area contributed by atoms with Crippen LogP contribution in [0.25, 0.3) is 33.4 Å². The van der Waals surface area contributed by atoms with Crippen LogP contribution in [0.1, 0.15) is 10.6 Å². The van der Waals surface area contributed by atoms with E-state index in [4.69, 9.17) is 4.42 Å². The van der Waals surface area contributed by atoms with Crippen LogP contribution in [0.2, 0.25) is 0 Å². The molecule has 0 bridgehead atoms. The number of carbonyl (C=O) groups excluding carboxylic acids is 1. The van der Waals surface area contributed by atoms with Crippen LogP contribution in [0.5, 0.6) is 0 Å². The molecule has 32 heavy (non-hydrogen) atoms. The van der Waals surface area contributed by atoms with Crippen LogP contribution >= 0.6 is 11.3 Å². The van der Waals surface area contributed by atoms with Crippen molar-refractivity contribution in [3.63, 3.8) is 0 Å². The third-order valence-electron chi connectivity index (χ3n) is 4.99. The largest absolute Gasteiger partial charge is 0.451 e. The number of para-hydroxylation sites is 1. The van der Waals surface area contributed by atoms with Crippen molar-refractivity contribution in [2.24, 2.45) is 0 Å². The molecular formula is C24H15N3O4S. The van der Waals surface area contributed by atoms with Crippen LogP contribution in [-0.2, 0) is 0 Å². The maximum Gasteiger partial charge on any atom is 0.293 e. The highest BCUT2D eigenvalue weighted by Gasteiger charge is 2.20. The summed E-state index contributed by atoms with van der Waals surface area (Å²) >= 11 is 1.31. The van der Waals surface area contributed by atoms with Gasteiger partial charge in [0.15, 0.2) is 10.9 Å². The molecule has 2 aromatic heterocycles. The maximum absolute atomic E-state index is 12.7. The lowest BCUT2D eigenvalue weighted by atomic mass is 10.0. The topological polar surface area (TPSA) is 98.3 Å². The molecule has 0 unspecified atom stereocenters. The van der Waals surface area contributed by atoms with E-state index >= 15 is 0 Å². The lowest BCUT2D eigenvalue weighted by Crippen LogP contribution is -2.10. The molecule has 0 aliphatic heterocycles. The highest BCUT2D eigenvalue weighted by atomic mass is 32.1. The number of rotatable bonds is 5. The van der Waals surface area contributed by atoms with E-state index in [9.17, 15) is 14.9 Å². The number of nitro benzene ring substituents is 1.